The molecule has 6 heteroatoms. The average molecular weight is 238 g/mol. The van der Waals surface area contributed by atoms with E-state index in [-0.39, 0.29) is 13.1 Å². The Morgan fingerprint density at radius 2 is 2.29 bits per heavy atom. The van der Waals surface area contributed by atoms with Gasteiger partial charge in [0.1, 0.15) is 11.9 Å². The summed E-state index contributed by atoms with van der Waals surface area (Å²) in [4.78, 5) is 5.55. The molecule has 0 spiro atoms. The number of nitrogens with one attached hydrogen (secondary N) is 1. The van der Waals surface area contributed by atoms with Gasteiger partial charge < -0.3 is 10.2 Å². The summed E-state index contributed by atoms with van der Waals surface area (Å²) < 4.78 is 26.7. The Morgan fingerprint density at radius 1 is 1.47 bits per heavy atom. The number of hydrogen-bond donors (Lipinski definition) is 1. The molecule has 0 aromatic carbocycles. The monoisotopic (exact) mass is 238 g/mol. The molecule has 1 fully saturated rings. The Morgan fingerprint density at radius 3 is 2.94 bits per heavy atom. The molecule has 0 radical (unpaired) electrons. The molecule has 0 bridgehead atoms. The minimum Gasteiger partial charge on any atom is -0.349 e. The van der Waals surface area contributed by atoms with Gasteiger partial charge in [-0.25, -0.2) is 13.8 Å². The topological polar surface area (TPSA) is 52.0 Å². The number of hydrogen-bond acceptors (Lipinski definition) is 4. The van der Waals surface area contributed by atoms with Crippen LogP contribution in [0.15, 0.2) is 18.3 Å². The number of nitriles is 1. The maximum Gasteiger partial charge on any atom is 0.277 e. The molecule has 1 saturated heterocycles. The molecule has 1 aliphatic rings. The lowest BCUT2D eigenvalue weighted by molar-refractivity contribution is 0.0156. The predicted octanol–water partition coefficient (Wildman–Crippen LogP) is 0.998. The summed E-state index contributed by atoms with van der Waals surface area (Å²) in [6, 6.07) is 5.12. The first-order valence-corrected chi connectivity index (χ1v) is 5.30. The van der Waals surface area contributed by atoms with Gasteiger partial charge in [0.25, 0.3) is 5.92 Å². The fourth-order valence-electron chi connectivity index (χ4n) is 1.73. The van der Waals surface area contributed by atoms with Gasteiger partial charge in [-0.05, 0) is 12.1 Å². The standard InChI is InChI=1S/C11H12F2N4/c12-11(13)7-15-3-4-17(8-11)10-2-1-9(5-14)6-16-10/h1-2,6,15H,3-4,7-8H2. The largest absolute Gasteiger partial charge is 0.349 e. The van der Waals surface area contributed by atoms with E-state index in [1.807, 2.05) is 6.07 Å². The maximum absolute atomic E-state index is 13.4. The summed E-state index contributed by atoms with van der Waals surface area (Å²) in [7, 11) is 0. The van der Waals surface area contributed by atoms with Crippen molar-refractivity contribution in [2.45, 2.75) is 5.92 Å². The second kappa shape index (κ2) is 4.63. The third-order valence-electron chi connectivity index (χ3n) is 2.57. The number of nitrogens with zero attached hydrogens (tertiary/aromatic N) is 3. The van der Waals surface area contributed by atoms with Crippen LogP contribution in [0.1, 0.15) is 5.56 Å². The number of rotatable bonds is 1. The molecule has 0 unspecified atom stereocenters. The Hall–Kier alpha value is -1.74. The van der Waals surface area contributed by atoms with Crippen LogP contribution in [0.5, 0.6) is 0 Å². The molecule has 0 amide bonds. The Balaban J connectivity index is 2.17. The zero-order valence-corrected chi connectivity index (χ0v) is 9.16. The van der Waals surface area contributed by atoms with Gasteiger partial charge in [-0.1, -0.05) is 0 Å². The smallest absolute Gasteiger partial charge is 0.277 e. The molecular formula is C11H12F2N4. The molecule has 90 valence electrons. The first-order valence-electron chi connectivity index (χ1n) is 5.30. The molecule has 1 N–H and O–H groups in total. The Kier molecular flexibility index (Phi) is 3.20. The molecule has 0 atom stereocenters. The van der Waals surface area contributed by atoms with Crippen LogP contribution < -0.4 is 10.2 Å². The van der Waals surface area contributed by atoms with Crippen LogP contribution in [0.4, 0.5) is 14.6 Å². The molecule has 17 heavy (non-hydrogen) atoms. The summed E-state index contributed by atoms with van der Waals surface area (Å²) in [5.74, 6) is -2.28. The molecular weight excluding hydrogens is 226 g/mol. The molecule has 2 heterocycles. The quantitative estimate of drug-likeness (QED) is 0.793. The van der Waals surface area contributed by atoms with Crippen molar-refractivity contribution in [2.24, 2.45) is 0 Å². The number of alkyl halides is 2. The third-order valence-corrected chi connectivity index (χ3v) is 2.57. The highest BCUT2D eigenvalue weighted by Gasteiger charge is 2.33. The zero-order chi connectivity index (χ0) is 12.3. The van der Waals surface area contributed by atoms with Crippen LogP contribution in [-0.2, 0) is 0 Å². The maximum atomic E-state index is 13.4. The third kappa shape index (κ3) is 2.88. The normalized spacial score (nSPS) is 19.5. The van der Waals surface area contributed by atoms with Crippen molar-refractivity contribution in [3.63, 3.8) is 0 Å². The first-order chi connectivity index (χ1) is 8.11. The van der Waals surface area contributed by atoms with E-state index >= 15 is 0 Å². The van der Waals surface area contributed by atoms with E-state index in [1.54, 1.807) is 12.1 Å². The van der Waals surface area contributed by atoms with Crippen molar-refractivity contribution in [1.82, 2.24) is 10.3 Å². The van der Waals surface area contributed by atoms with Gasteiger partial charge in [0.05, 0.1) is 18.7 Å². The van der Waals surface area contributed by atoms with Crippen LogP contribution in [-0.4, -0.2) is 37.1 Å². The zero-order valence-electron chi connectivity index (χ0n) is 9.16. The van der Waals surface area contributed by atoms with E-state index in [4.69, 9.17) is 5.26 Å². The highest BCUT2D eigenvalue weighted by Crippen LogP contribution is 2.20. The highest BCUT2D eigenvalue weighted by molar-refractivity contribution is 5.42. The minimum atomic E-state index is -2.76. The lowest BCUT2D eigenvalue weighted by Crippen LogP contribution is -2.38. The molecule has 0 aliphatic carbocycles. The first kappa shape index (κ1) is 11.7. The Bertz CT molecular complexity index is 424. The fraction of sp³-hybridized carbons (Fsp3) is 0.455. The van der Waals surface area contributed by atoms with Crippen LogP contribution in [0, 0.1) is 11.3 Å². The number of anilines is 1. The highest BCUT2D eigenvalue weighted by atomic mass is 19.3. The van der Waals surface area contributed by atoms with Gasteiger partial charge in [0.2, 0.25) is 0 Å². The van der Waals surface area contributed by atoms with Gasteiger partial charge in [0, 0.05) is 19.3 Å². The average Bonchev–Trinajstić information content (AvgIpc) is 2.50. The van der Waals surface area contributed by atoms with Crippen molar-refractivity contribution in [3.05, 3.63) is 23.9 Å². The lowest BCUT2D eigenvalue weighted by atomic mass is 10.3. The summed E-state index contributed by atoms with van der Waals surface area (Å²) in [6.45, 7) is 0.324. The van der Waals surface area contributed by atoms with Crippen LogP contribution in [0.25, 0.3) is 0 Å². The minimum absolute atomic E-state index is 0.306. The van der Waals surface area contributed by atoms with Crippen LogP contribution in [0.2, 0.25) is 0 Å². The van der Waals surface area contributed by atoms with E-state index in [9.17, 15) is 8.78 Å². The summed E-state index contributed by atoms with van der Waals surface area (Å²) in [5, 5.41) is 11.3. The Labute approximate surface area is 97.9 Å². The predicted molar refractivity (Wildman–Crippen MR) is 59.0 cm³/mol. The second-order valence-electron chi connectivity index (χ2n) is 3.97. The SMILES string of the molecule is N#Cc1ccc(N2CCNCC(F)(F)C2)nc1. The van der Waals surface area contributed by atoms with Crippen molar-refractivity contribution in [3.8, 4) is 6.07 Å². The van der Waals surface area contributed by atoms with Gasteiger partial charge in [-0.2, -0.15) is 5.26 Å². The molecule has 0 saturated carbocycles. The lowest BCUT2D eigenvalue weighted by Gasteiger charge is -2.24. The molecule has 2 rings (SSSR count). The van der Waals surface area contributed by atoms with Crippen molar-refractivity contribution in [1.29, 1.82) is 5.26 Å². The molecule has 4 nitrogen and oxygen atoms in total. The second-order valence-corrected chi connectivity index (χ2v) is 3.97. The van der Waals surface area contributed by atoms with Crippen molar-refractivity contribution in [2.75, 3.05) is 31.1 Å². The van der Waals surface area contributed by atoms with E-state index < -0.39 is 5.92 Å². The van der Waals surface area contributed by atoms with E-state index in [2.05, 4.69) is 10.3 Å². The summed E-state index contributed by atoms with van der Waals surface area (Å²) in [5.41, 5.74) is 0.424. The fourth-order valence-corrected chi connectivity index (χ4v) is 1.73. The van der Waals surface area contributed by atoms with E-state index in [0.29, 0.717) is 24.5 Å². The number of aromatic nitrogens is 1. The van der Waals surface area contributed by atoms with Gasteiger partial charge in [0.15, 0.2) is 0 Å². The van der Waals surface area contributed by atoms with Crippen molar-refractivity contribution >= 4 is 5.82 Å². The molecule has 1 aromatic rings. The van der Waals surface area contributed by atoms with Gasteiger partial charge in [-0.15, -0.1) is 0 Å². The number of halogens is 2. The summed E-state index contributed by atoms with van der Waals surface area (Å²) in [6.07, 6.45) is 1.39. The molecule has 1 aromatic heterocycles. The van der Waals surface area contributed by atoms with E-state index in [0.717, 1.165) is 0 Å². The van der Waals surface area contributed by atoms with Gasteiger partial charge in [-0.3, -0.25) is 0 Å². The van der Waals surface area contributed by atoms with Crippen LogP contribution in [0.3, 0.4) is 0 Å². The molecule has 1 aliphatic heterocycles. The van der Waals surface area contributed by atoms with Crippen molar-refractivity contribution < 1.29 is 8.78 Å². The number of pyridine rings is 1. The van der Waals surface area contributed by atoms with Crippen LogP contribution >= 0.6 is 0 Å². The van der Waals surface area contributed by atoms with Gasteiger partial charge >= 0.3 is 0 Å². The summed E-state index contributed by atoms with van der Waals surface area (Å²) >= 11 is 0. The van der Waals surface area contributed by atoms with E-state index in [1.165, 1.54) is 11.1 Å².